The highest BCUT2D eigenvalue weighted by Crippen LogP contribution is 2.17. The largest absolute Gasteiger partial charge is 0.489 e. The van der Waals surface area contributed by atoms with E-state index in [1.807, 2.05) is 36.4 Å². The van der Waals surface area contributed by atoms with Crippen molar-refractivity contribution in [2.45, 2.75) is 20.1 Å². The van der Waals surface area contributed by atoms with E-state index in [2.05, 4.69) is 48.6 Å². The molecule has 0 bridgehead atoms. The summed E-state index contributed by atoms with van der Waals surface area (Å²) in [5.74, 6) is 0.856. The summed E-state index contributed by atoms with van der Waals surface area (Å²) in [6.07, 6.45) is 0. The second-order valence-corrected chi connectivity index (χ2v) is 6.22. The zero-order valence-corrected chi connectivity index (χ0v) is 14.4. The molecule has 122 valence electrons. The van der Waals surface area contributed by atoms with Gasteiger partial charge in [0.25, 0.3) is 0 Å². The number of rotatable bonds is 6. The number of benzene rings is 3. The van der Waals surface area contributed by atoms with E-state index in [0.717, 1.165) is 28.6 Å². The molecule has 0 saturated carbocycles. The fraction of sp³-hybridized carbons (Fsp3) is 0.143. The molecule has 0 saturated heterocycles. The highest BCUT2D eigenvalue weighted by Gasteiger charge is 1.99. The Morgan fingerprint density at radius 1 is 0.875 bits per heavy atom. The zero-order valence-electron chi connectivity index (χ0n) is 13.6. The monoisotopic (exact) mass is 337 g/mol. The molecule has 0 atom stereocenters. The smallest absolute Gasteiger partial charge is 0.119 e. The van der Waals surface area contributed by atoms with Crippen LogP contribution in [-0.2, 0) is 13.2 Å². The Balaban J connectivity index is 1.52. The number of halogens is 1. The van der Waals surface area contributed by atoms with Crippen molar-refractivity contribution in [3.8, 4) is 5.75 Å². The van der Waals surface area contributed by atoms with Crippen LogP contribution >= 0.6 is 11.6 Å². The Kier molecular flexibility index (Phi) is 5.39. The molecule has 3 aromatic carbocycles. The van der Waals surface area contributed by atoms with Crippen LogP contribution in [0.1, 0.15) is 16.7 Å². The van der Waals surface area contributed by atoms with E-state index in [4.69, 9.17) is 16.3 Å². The topological polar surface area (TPSA) is 21.3 Å². The van der Waals surface area contributed by atoms with Gasteiger partial charge in [0.2, 0.25) is 0 Å². The molecule has 3 aromatic rings. The lowest BCUT2D eigenvalue weighted by molar-refractivity contribution is 0.306. The van der Waals surface area contributed by atoms with E-state index in [-0.39, 0.29) is 0 Å². The number of hydrogen-bond acceptors (Lipinski definition) is 2. The molecule has 0 aliphatic rings. The van der Waals surface area contributed by atoms with Crippen LogP contribution in [0.25, 0.3) is 0 Å². The Labute approximate surface area is 148 Å². The van der Waals surface area contributed by atoms with Gasteiger partial charge in [-0.15, -0.1) is 0 Å². The Morgan fingerprint density at radius 2 is 1.62 bits per heavy atom. The number of nitrogens with one attached hydrogen (secondary N) is 1. The number of hydrogen-bond donors (Lipinski definition) is 1. The van der Waals surface area contributed by atoms with Gasteiger partial charge in [0.1, 0.15) is 12.4 Å². The lowest BCUT2D eigenvalue weighted by Gasteiger charge is -2.09. The van der Waals surface area contributed by atoms with E-state index in [9.17, 15) is 0 Å². The molecule has 24 heavy (non-hydrogen) atoms. The van der Waals surface area contributed by atoms with Gasteiger partial charge in [-0.3, -0.25) is 0 Å². The second kappa shape index (κ2) is 7.89. The van der Waals surface area contributed by atoms with Gasteiger partial charge in [-0.25, -0.2) is 0 Å². The molecule has 0 fully saturated rings. The third kappa shape index (κ3) is 4.77. The summed E-state index contributed by atoms with van der Waals surface area (Å²) >= 11 is 5.98. The molecule has 0 aromatic heterocycles. The first-order valence-corrected chi connectivity index (χ1v) is 8.33. The van der Waals surface area contributed by atoms with Gasteiger partial charge in [-0.05, 0) is 54.4 Å². The average Bonchev–Trinajstić information content (AvgIpc) is 2.60. The van der Waals surface area contributed by atoms with E-state index < -0.39 is 0 Å². The Hall–Kier alpha value is -2.45. The number of ether oxygens (including phenoxy) is 1. The first-order valence-electron chi connectivity index (χ1n) is 7.96. The standard InChI is InChI=1S/C21H20ClNO/c1-16-5-9-20(10-6-16)23-14-17-7-11-21(12-8-17)24-15-18-3-2-4-19(22)13-18/h2-13,23H,14-15H2,1H3. The summed E-state index contributed by atoms with van der Waals surface area (Å²) in [5.41, 5.74) is 4.67. The molecular weight excluding hydrogens is 318 g/mol. The maximum atomic E-state index is 5.98. The SMILES string of the molecule is Cc1ccc(NCc2ccc(OCc3cccc(Cl)c3)cc2)cc1. The highest BCUT2D eigenvalue weighted by molar-refractivity contribution is 6.30. The lowest BCUT2D eigenvalue weighted by Crippen LogP contribution is -2.00. The maximum absolute atomic E-state index is 5.98. The second-order valence-electron chi connectivity index (χ2n) is 5.78. The minimum Gasteiger partial charge on any atom is -0.489 e. The van der Waals surface area contributed by atoms with Crippen LogP contribution in [0.5, 0.6) is 5.75 Å². The van der Waals surface area contributed by atoms with Crippen molar-refractivity contribution < 1.29 is 4.74 Å². The third-order valence-corrected chi connectivity index (χ3v) is 4.00. The summed E-state index contributed by atoms with van der Waals surface area (Å²) in [5, 5.41) is 4.15. The van der Waals surface area contributed by atoms with Crippen LogP contribution < -0.4 is 10.1 Å². The van der Waals surface area contributed by atoms with Crippen LogP contribution in [0.4, 0.5) is 5.69 Å². The Morgan fingerprint density at radius 3 is 2.33 bits per heavy atom. The Bertz CT molecular complexity index is 782. The van der Waals surface area contributed by atoms with Crippen molar-refractivity contribution in [2.75, 3.05) is 5.32 Å². The predicted molar refractivity (Wildman–Crippen MR) is 101 cm³/mol. The van der Waals surface area contributed by atoms with E-state index >= 15 is 0 Å². The molecule has 0 spiro atoms. The van der Waals surface area contributed by atoms with Crippen LogP contribution in [0.3, 0.4) is 0 Å². The third-order valence-electron chi connectivity index (χ3n) is 3.77. The molecular formula is C21H20ClNO. The van der Waals surface area contributed by atoms with Gasteiger partial charge in [-0.1, -0.05) is 53.6 Å². The predicted octanol–water partition coefficient (Wildman–Crippen LogP) is 5.84. The van der Waals surface area contributed by atoms with Crippen molar-refractivity contribution in [3.63, 3.8) is 0 Å². The average molecular weight is 338 g/mol. The van der Waals surface area contributed by atoms with Crippen molar-refractivity contribution in [2.24, 2.45) is 0 Å². The zero-order chi connectivity index (χ0) is 16.8. The molecule has 3 rings (SSSR count). The maximum Gasteiger partial charge on any atom is 0.119 e. The molecule has 0 amide bonds. The normalized spacial score (nSPS) is 10.4. The van der Waals surface area contributed by atoms with Gasteiger partial charge in [0, 0.05) is 17.3 Å². The number of aryl methyl sites for hydroxylation is 1. The summed E-state index contributed by atoms with van der Waals surface area (Å²) in [6.45, 7) is 3.39. The minimum absolute atomic E-state index is 0.515. The van der Waals surface area contributed by atoms with E-state index in [1.54, 1.807) is 0 Å². The summed E-state index contributed by atoms with van der Waals surface area (Å²) in [6, 6.07) is 24.3. The molecule has 2 nitrogen and oxygen atoms in total. The van der Waals surface area contributed by atoms with Crippen molar-refractivity contribution in [3.05, 3.63) is 94.5 Å². The first-order chi connectivity index (χ1) is 11.7. The van der Waals surface area contributed by atoms with Gasteiger partial charge < -0.3 is 10.1 Å². The van der Waals surface area contributed by atoms with Gasteiger partial charge in [0.05, 0.1) is 0 Å². The van der Waals surface area contributed by atoms with Crippen LogP contribution in [0, 0.1) is 6.92 Å². The van der Waals surface area contributed by atoms with Gasteiger partial charge >= 0.3 is 0 Å². The minimum atomic E-state index is 0.515. The van der Waals surface area contributed by atoms with E-state index in [1.165, 1.54) is 11.1 Å². The molecule has 0 heterocycles. The number of anilines is 1. The molecule has 0 unspecified atom stereocenters. The first kappa shape index (κ1) is 16.4. The van der Waals surface area contributed by atoms with Crippen molar-refractivity contribution in [1.82, 2.24) is 0 Å². The van der Waals surface area contributed by atoms with Crippen LogP contribution in [0.15, 0.2) is 72.8 Å². The molecule has 0 aliphatic heterocycles. The van der Waals surface area contributed by atoms with Gasteiger partial charge in [-0.2, -0.15) is 0 Å². The summed E-state index contributed by atoms with van der Waals surface area (Å²) in [4.78, 5) is 0. The highest BCUT2D eigenvalue weighted by atomic mass is 35.5. The lowest BCUT2D eigenvalue weighted by atomic mass is 10.2. The molecule has 0 aliphatic carbocycles. The molecule has 3 heteroatoms. The van der Waals surface area contributed by atoms with Gasteiger partial charge in [0.15, 0.2) is 0 Å². The van der Waals surface area contributed by atoms with Crippen molar-refractivity contribution in [1.29, 1.82) is 0 Å². The van der Waals surface area contributed by atoms with E-state index in [0.29, 0.717) is 6.61 Å². The molecule has 1 N–H and O–H groups in total. The molecule has 0 radical (unpaired) electrons. The van der Waals surface area contributed by atoms with Crippen molar-refractivity contribution >= 4 is 17.3 Å². The van der Waals surface area contributed by atoms with Crippen LogP contribution in [0.2, 0.25) is 5.02 Å². The quantitative estimate of drug-likeness (QED) is 0.610. The summed E-state index contributed by atoms with van der Waals surface area (Å²) < 4.78 is 5.80. The summed E-state index contributed by atoms with van der Waals surface area (Å²) in [7, 11) is 0. The van der Waals surface area contributed by atoms with Crippen LogP contribution in [-0.4, -0.2) is 0 Å². The fourth-order valence-electron chi connectivity index (χ4n) is 2.37. The fourth-order valence-corrected chi connectivity index (χ4v) is 2.59.